The van der Waals surface area contributed by atoms with Crippen molar-refractivity contribution in [1.29, 1.82) is 0 Å². The molecule has 0 saturated carbocycles. The minimum absolute atomic E-state index is 0.213. The van der Waals surface area contributed by atoms with Gasteiger partial charge in [-0.1, -0.05) is 0 Å². The van der Waals surface area contributed by atoms with Crippen LogP contribution in [0.2, 0.25) is 0 Å². The lowest BCUT2D eigenvalue weighted by atomic mass is 10.0. The Morgan fingerprint density at radius 2 is 1.73 bits per heavy atom. The molecule has 0 unspecified atom stereocenters. The summed E-state index contributed by atoms with van der Waals surface area (Å²) in [5, 5.41) is 6.28. The molecule has 4 rings (SSSR count). The summed E-state index contributed by atoms with van der Waals surface area (Å²) in [5.41, 5.74) is 4.22. The lowest BCUT2D eigenvalue weighted by molar-refractivity contribution is -0.132. The Kier molecular flexibility index (Phi) is 6.51. The molecule has 2 aromatic rings. The van der Waals surface area contributed by atoms with Crippen LogP contribution in [0.1, 0.15) is 40.7 Å². The van der Waals surface area contributed by atoms with Gasteiger partial charge in [0.1, 0.15) is 11.4 Å². The number of benzene rings is 1. The molecule has 33 heavy (non-hydrogen) atoms. The van der Waals surface area contributed by atoms with Crippen molar-refractivity contribution in [2.75, 3.05) is 56.3 Å². The van der Waals surface area contributed by atoms with E-state index in [0.717, 1.165) is 55.0 Å². The second-order valence-corrected chi connectivity index (χ2v) is 9.27. The van der Waals surface area contributed by atoms with E-state index in [4.69, 9.17) is 4.98 Å². The molecule has 2 aliphatic rings. The highest BCUT2D eigenvalue weighted by Gasteiger charge is 2.28. The van der Waals surface area contributed by atoms with E-state index in [0.29, 0.717) is 23.8 Å². The smallest absolute Gasteiger partial charge is 0.261 e. The van der Waals surface area contributed by atoms with Gasteiger partial charge in [0.15, 0.2) is 0 Å². The van der Waals surface area contributed by atoms with Crippen LogP contribution in [0.25, 0.3) is 0 Å². The quantitative estimate of drug-likeness (QED) is 0.722. The summed E-state index contributed by atoms with van der Waals surface area (Å²) in [6.45, 7) is 6.30. The topological polar surface area (TPSA) is 93.7 Å². The van der Waals surface area contributed by atoms with Gasteiger partial charge in [0.05, 0.1) is 11.4 Å². The second kappa shape index (κ2) is 9.35. The van der Waals surface area contributed by atoms with Gasteiger partial charge in [0.25, 0.3) is 5.91 Å². The van der Waals surface area contributed by atoms with Crippen LogP contribution in [0.5, 0.6) is 0 Å². The number of likely N-dealkylation sites (tertiary alicyclic amines) is 1. The molecule has 2 amide bonds. The first kappa shape index (κ1) is 23.0. The van der Waals surface area contributed by atoms with Crippen molar-refractivity contribution in [2.45, 2.75) is 39.2 Å². The third-order valence-corrected chi connectivity index (χ3v) is 6.61. The first-order valence-corrected chi connectivity index (χ1v) is 11.4. The maximum absolute atomic E-state index is 12.8. The van der Waals surface area contributed by atoms with Crippen molar-refractivity contribution in [3.8, 4) is 0 Å². The number of nitrogens with one attached hydrogen (secondary N) is 2. The predicted octanol–water partition coefficient (Wildman–Crippen LogP) is 2.78. The number of fused-ring (bicyclic) bond motifs is 2. The number of amides is 2. The van der Waals surface area contributed by atoms with E-state index >= 15 is 0 Å². The van der Waals surface area contributed by atoms with Gasteiger partial charge in [-0.3, -0.25) is 9.59 Å². The van der Waals surface area contributed by atoms with Crippen LogP contribution in [0.3, 0.4) is 0 Å². The molecule has 1 fully saturated rings. The molecule has 0 bridgehead atoms. The fourth-order valence-electron chi connectivity index (χ4n) is 4.29. The number of aromatic nitrogens is 2. The van der Waals surface area contributed by atoms with Crippen LogP contribution >= 0.6 is 0 Å². The fourth-order valence-corrected chi connectivity index (χ4v) is 4.29. The number of hydrogen-bond donors (Lipinski definition) is 2. The summed E-state index contributed by atoms with van der Waals surface area (Å²) in [6, 6.07) is 4.22. The maximum Gasteiger partial charge on any atom is 0.261 e. The minimum Gasteiger partial charge on any atom is -0.343 e. The van der Waals surface area contributed by atoms with Crippen molar-refractivity contribution in [3.05, 3.63) is 35.0 Å². The maximum atomic E-state index is 12.8. The Labute approximate surface area is 195 Å². The number of carbonyl (C=O) groups is 2. The summed E-state index contributed by atoms with van der Waals surface area (Å²) < 4.78 is 0. The van der Waals surface area contributed by atoms with E-state index in [2.05, 4.69) is 20.5 Å². The number of carbonyl (C=O) groups excluding carboxylic acids is 2. The molecular weight excluding hydrogens is 418 g/mol. The van der Waals surface area contributed by atoms with E-state index in [9.17, 15) is 9.59 Å². The monoisotopic (exact) mass is 451 g/mol. The van der Waals surface area contributed by atoms with Crippen LogP contribution in [0.4, 0.5) is 23.1 Å². The zero-order chi connectivity index (χ0) is 23.7. The van der Waals surface area contributed by atoms with E-state index in [-0.39, 0.29) is 17.9 Å². The average molecular weight is 452 g/mol. The van der Waals surface area contributed by atoms with Gasteiger partial charge in [-0.15, -0.1) is 0 Å². The van der Waals surface area contributed by atoms with Gasteiger partial charge >= 0.3 is 0 Å². The normalized spacial score (nSPS) is 15.9. The highest BCUT2D eigenvalue weighted by atomic mass is 16.2. The van der Waals surface area contributed by atoms with Crippen LogP contribution in [-0.2, 0) is 4.79 Å². The zero-order valence-corrected chi connectivity index (χ0v) is 20.1. The molecule has 9 heteroatoms. The Morgan fingerprint density at radius 1 is 1.09 bits per heavy atom. The van der Waals surface area contributed by atoms with E-state index in [1.54, 1.807) is 6.20 Å². The summed E-state index contributed by atoms with van der Waals surface area (Å²) in [5.74, 6) is 1.06. The van der Waals surface area contributed by atoms with Gasteiger partial charge in [0, 0.05) is 45.3 Å². The van der Waals surface area contributed by atoms with E-state index < -0.39 is 0 Å². The van der Waals surface area contributed by atoms with Gasteiger partial charge in [-0.05, 0) is 64.0 Å². The van der Waals surface area contributed by atoms with Crippen molar-refractivity contribution in [1.82, 2.24) is 19.8 Å². The first-order valence-electron chi connectivity index (χ1n) is 11.4. The Morgan fingerprint density at radius 3 is 2.36 bits per heavy atom. The molecule has 0 spiro atoms. The zero-order valence-electron chi connectivity index (χ0n) is 20.1. The Balaban J connectivity index is 1.47. The SMILES string of the molecule is Cc1cc2c(cc1C)Nc1nc(N(C)C3CCN(C(=O)CCN(C)C)CC3)ncc1C(=O)N2. The van der Waals surface area contributed by atoms with Crippen LogP contribution in [-0.4, -0.2) is 78.4 Å². The number of hydrogen-bond acceptors (Lipinski definition) is 7. The number of nitrogens with zero attached hydrogens (tertiary/aromatic N) is 5. The molecule has 2 aliphatic heterocycles. The molecule has 1 aromatic heterocycles. The third kappa shape index (κ3) is 4.93. The molecule has 2 N–H and O–H groups in total. The lowest BCUT2D eigenvalue weighted by Crippen LogP contribution is -2.46. The van der Waals surface area contributed by atoms with Gasteiger partial charge in [-0.25, -0.2) is 4.98 Å². The highest BCUT2D eigenvalue weighted by Crippen LogP contribution is 2.33. The first-order chi connectivity index (χ1) is 15.7. The largest absolute Gasteiger partial charge is 0.343 e. The number of aryl methyl sites for hydroxylation is 2. The Hall–Kier alpha value is -3.20. The summed E-state index contributed by atoms with van der Waals surface area (Å²) >= 11 is 0. The standard InChI is InChI=1S/C24H33N7O2/c1-15-12-19-20(13-16(15)2)27-23(33)18-14-25-24(28-22(18)26-19)30(5)17-6-10-31(11-7-17)21(32)8-9-29(3)4/h12-14,17H,6-11H2,1-5H3,(H,27,33)(H,25,26,28). The summed E-state index contributed by atoms with van der Waals surface area (Å²) in [4.78, 5) is 40.4. The molecule has 3 heterocycles. The lowest BCUT2D eigenvalue weighted by Gasteiger charge is -2.37. The second-order valence-electron chi connectivity index (χ2n) is 9.27. The predicted molar refractivity (Wildman–Crippen MR) is 130 cm³/mol. The van der Waals surface area contributed by atoms with Crippen LogP contribution in [0, 0.1) is 13.8 Å². The van der Waals surface area contributed by atoms with Crippen molar-refractivity contribution in [3.63, 3.8) is 0 Å². The van der Waals surface area contributed by atoms with Gasteiger partial charge in [-0.2, -0.15) is 4.98 Å². The molecule has 176 valence electrons. The minimum atomic E-state index is -0.224. The van der Waals surface area contributed by atoms with Gasteiger partial charge < -0.3 is 25.3 Å². The summed E-state index contributed by atoms with van der Waals surface area (Å²) in [7, 11) is 5.94. The van der Waals surface area contributed by atoms with Crippen LogP contribution < -0.4 is 15.5 Å². The molecule has 0 atom stereocenters. The van der Waals surface area contributed by atoms with Crippen LogP contribution in [0.15, 0.2) is 18.3 Å². The molecule has 0 radical (unpaired) electrons. The number of rotatable bonds is 5. The van der Waals surface area contributed by atoms with E-state index in [1.165, 1.54) is 0 Å². The third-order valence-electron chi connectivity index (χ3n) is 6.61. The fraction of sp³-hybridized carbons (Fsp3) is 0.500. The Bertz CT molecular complexity index is 1060. The van der Waals surface area contributed by atoms with Gasteiger partial charge in [0.2, 0.25) is 11.9 Å². The number of anilines is 4. The number of piperidine rings is 1. The van der Waals surface area contributed by atoms with E-state index in [1.807, 2.05) is 56.9 Å². The molecule has 0 aliphatic carbocycles. The van der Waals surface area contributed by atoms with Crippen molar-refractivity contribution in [2.24, 2.45) is 0 Å². The molecule has 1 aromatic carbocycles. The summed E-state index contributed by atoms with van der Waals surface area (Å²) in [6.07, 6.45) is 3.86. The van der Waals surface area contributed by atoms with Crippen molar-refractivity contribution < 1.29 is 9.59 Å². The average Bonchev–Trinajstić information content (AvgIpc) is 2.92. The highest BCUT2D eigenvalue weighted by molar-refractivity contribution is 6.11. The molecule has 9 nitrogen and oxygen atoms in total. The van der Waals surface area contributed by atoms with Crippen molar-refractivity contribution >= 4 is 35.0 Å². The molecular formula is C24H33N7O2. The molecule has 1 saturated heterocycles.